The van der Waals surface area contributed by atoms with E-state index in [1.54, 1.807) is 4.90 Å². The van der Waals surface area contributed by atoms with Crippen molar-refractivity contribution >= 4 is 11.8 Å². The third-order valence-corrected chi connectivity index (χ3v) is 7.58. The van der Waals surface area contributed by atoms with Crippen LogP contribution >= 0.6 is 0 Å². The number of fused-ring (bicyclic) bond motifs is 2. The topological polar surface area (TPSA) is 72.5 Å². The van der Waals surface area contributed by atoms with Crippen LogP contribution in [0.2, 0.25) is 0 Å². The highest BCUT2D eigenvalue weighted by Gasteiger charge is 2.58. The molecule has 3 unspecified atom stereocenters. The van der Waals surface area contributed by atoms with Gasteiger partial charge in [0, 0.05) is 18.2 Å². The van der Waals surface area contributed by atoms with E-state index in [4.69, 9.17) is 6.42 Å². The highest BCUT2D eigenvalue weighted by atomic mass is 16.6. The van der Waals surface area contributed by atoms with Crippen molar-refractivity contribution in [3.8, 4) is 12.3 Å². The number of carbonyl (C=O) groups is 2. The van der Waals surface area contributed by atoms with Gasteiger partial charge in [0.15, 0.2) is 12.1 Å². The van der Waals surface area contributed by atoms with E-state index in [0.29, 0.717) is 25.3 Å². The lowest BCUT2D eigenvalue weighted by molar-refractivity contribution is -0.789. The fraction of sp³-hybridized carbons (Fsp3) is 0.407. The predicted molar refractivity (Wildman–Crippen MR) is 125 cm³/mol. The van der Waals surface area contributed by atoms with E-state index in [2.05, 4.69) is 18.2 Å². The van der Waals surface area contributed by atoms with Gasteiger partial charge in [0.1, 0.15) is 6.67 Å². The van der Waals surface area contributed by atoms with E-state index >= 15 is 0 Å². The van der Waals surface area contributed by atoms with Crippen LogP contribution in [0.3, 0.4) is 0 Å². The quantitative estimate of drug-likeness (QED) is 0.423. The van der Waals surface area contributed by atoms with Crippen molar-refractivity contribution in [3.63, 3.8) is 0 Å². The molecule has 1 aliphatic heterocycles. The summed E-state index contributed by atoms with van der Waals surface area (Å²) in [5.74, 6) is 2.35. The molecule has 1 saturated carbocycles. The molecule has 6 heteroatoms. The van der Waals surface area contributed by atoms with Crippen molar-refractivity contribution < 1.29 is 14.2 Å². The average Bonchev–Trinajstić information content (AvgIpc) is 3.57. The van der Waals surface area contributed by atoms with Crippen molar-refractivity contribution in [2.45, 2.75) is 50.7 Å². The maximum Gasteiger partial charge on any atom is 0.340 e. The second-order valence-corrected chi connectivity index (χ2v) is 9.69. The number of hydrogen-bond donors (Lipinski definition) is 1. The van der Waals surface area contributed by atoms with Crippen molar-refractivity contribution in [2.75, 3.05) is 13.2 Å². The number of aryl methyl sites for hydroxylation is 1. The molecule has 1 heterocycles. The third-order valence-electron chi connectivity index (χ3n) is 7.58. The van der Waals surface area contributed by atoms with Crippen LogP contribution in [0, 0.1) is 23.5 Å². The summed E-state index contributed by atoms with van der Waals surface area (Å²) < 4.78 is -1.17. The van der Waals surface area contributed by atoms with E-state index < -0.39 is 16.1 Å². The Morgan fingerprint density at radius 1 is 1.30 bits per heavy atom. The molecule has 5 rings (SSSR count). The molecule has 170 valence electrons. The summed E-state index contributed by atoms with van der Waals surface area (Å²) in [5.41, 5.74) is 2.57. The van der Waals surface area contributed by atoms with E-state index in [9.17, 15) is 14.8 Å². The minimum atomic E-state index is -1.17. The van der Waals surface area contributed by atoms with Gasteiger partial charge < -0.3 is 10.1 Å². The zero-order valence-electron chi connectivity index (χ0n) is 18.9. The Labute approximate surface area is 194 Å². The van der Waals surface area contributed by atoms with Gasteiger partial charge in [-0.15, -0.1) is 6.42 Å². The zero-order chi connectivity index (χ0) is 23.2. The van der Waals surface area contributed by atoms with E-state index in [-0.39, 0.29) is 25.2 Å². The van der Waals surface area contributed by atoms with Crippen molar-refractivity contribution in [3.05, 3.63) is 76.0 Å². The van der Waals surface area contributed by atoms with Crippen molar-refractivity contribution in [2.24, 2.45) is 5.92 Å². The van der Waals surface area contributed by atoms with Gasteiger partial charge in [0.05, 0.1) is 0 Å². The molecule has 2 fully saturated rings. The second-order valence-electron chi connectivity index (χ2n) is 9.69. The maximum absolute atomic E-state index is 13.7. The van der Waals surface area contributed by atoms with Crippen molar-refractivity contribution in [1.82, 2.24) is 10.2 Å². The summed E-state index contributed by atoms with van der Waals surface area (Å²) in [6, 6.07) is 15.4. The van der Waals surface area contributed by atoms with Crippen LogP contribution in [-0.2, 0) is 28.1 Å². The van der Waals surface area contributed by atoms with Gasteiger partial charge in [-0.3, -0.25) is 9.44 Å². The molecule has 3 aliphatic rings. The number of carbonyl (C=O) groups excluding carboxylic acids is 2. The Morgan fingerprint density at radius 2 is 2.06 bits per heavy atom. The van der Waals surface area contributed by atoms with Crippen LogP contribution in [0.4, 0.5) is 0 Å². The summed E-state index contributed by atoms with van der Waals surface area (Å²) in [5, 5.41) is 17.0. The van der Waals surface area contributed by atoms with E-state index in [0.717, 1.165) is 35.1 Å². The molecule has 6 nitrogen and oxygen atoms in total. The Hall–Kier alpha value is -2.98. The maximum atomic E-state index is 13.7. The second kappa shape index (κ2) is 8.11. The first kappa shape index (κ1) is 21.8. The van der Waals surface area contributed by atoms with Crippen LogP contribution in [0.25, 0.3) is 0 Å². The summed E-state index contributed by atoms with van der Waals surface area (Å²) in [4.78, 5) is 28.9. The predicted octanol–water partition coefficient (Wildman–Crippen LogP) is 3.04. The number of nitrogens with zero attached hydrogens (tertiary/aromatic N) is 2. The van der Waals surface area contributed by atoms with Gasteiger partial charge in [-0.2, -0.15) is 0 Å². The van der Waals surface area contributed by atoms with Gasteiger partial charge in [-0.1, -0.05) is 42.3 Å². The lowest BCUT2D eigenvalue weighted by Crippen LogP contribution is -2.55. The van der Waals surface area contributed by atoms with Crippen LogP contribution in [0.5, 0.6) is 0 Å². The average molecular weight is 444 g/mol. The number of hydroxylamine groups is 3. The van der Waals surface area contributed by atoms with Gasteiger partial charge >= 0.3 is 5.91 Å². The Kier molecular flexibility index (Phi) is 5.37. The number of benzene rings is 2. The minimum Gasteiger partial charge on any atom is -0.624 e. The standard InChI is InChI=1S/C27H29N3O3/c1-3-20-9-12-24-23(15-20)13-14-27(24)26(32)30(33,18-28-27)17-25(31)29(19(2)22-10-11-22)16-21-7-5-4-6-8-21/h1,4-9,12,15,19,22,28H,10-11,13-14,16-18H2,2H3. The largest absolute Gasteiger partial charge is 0.624 e. The van der Waals surface area contributed by atoms with Crippen LogP contribution in [0.15, 0.2) is 48.5 Å². The van der Waals surface area contributed by atoms with Gasteiger partial charge in [0.25, 0.3) is 5.91 Å². The molecule has 1 saturated heterocycles. The molecule has 0 radical (unpaired) electrons. The summed E-state index contributed by atoms with van der Waals surface area (Å²) in [7, 11) is 0. The number of hydrogen-bond acceptors (Lipinski definition) is 4. The number of rotatable bonds is 6. The zero-order valence-corrected chi connectivity index (χ0v) is 18.9. The third kappa shape index (κ3) is 3.76. The smallest absolute Gasteiger partial charge is 0.340 e. The summed E-state index contributed by atoms with van der Waals surface area (Å²) >= 11 is 0. The Balaban J connectivity index is 1.38. The molecule has 33 heavy (non-hydrogen) atoms. The van der Waals surface area contributed by atoms with Gasteiger partial charge in [-0.05, 0) is 67.3 Å². The Bertz CT molecular complexity index is 1140. The first-order valence-electron chi connectivity index (χ1n) is 11.7. The lowest BCUT2D eigenvalue weighted by Gasteiger charge is -2.38. The number of amides is 2. The monoisotopic (exact) mass is 443 g/mol. The molecule has 1 spiro atoms. The highest BCUT2D eigenvalue weighted by Crippen LogP contribution is 2.43. The molecule has 0 bridgehead atoms. The molecule has 3 atom stereocenters. The van der Waals surface area contributed by atoms with Crippen LogP contribution < -0.4 is 5.32 Å². The first-order chi connectivity index (χ1) is 15.9. The number of terminal acetylenes is 1. The molecular weight excluding hydrogens is 414 g/mol. The normalized spacial score (nSPS) is 26.8. The van der Waals surface area contributed by atoms with Gasteiger partial charge in [0.2, 0.25) is 0 Å². The molecule has 1 N–H and O–H groups in total. The minimum absolute atomic E-state index is 0.0401. The van der Waals surface area contributed by atoms with Gasteiger partial charge in [-0.25, -0.2) is 10.1 Å². The fourth-order valence-electron chi connectivity index (χ4n) is 5.44. The molecule has 2 aromatic rings. The lowest BCUT2D eigenvalue weighted by atomic mass is 9.91. The fourth-order valence-corrected chi connectivity index (χ4v) is 5.44. The van der Waals surface area contributed by atoms with Crippen molar-refractivity contribution in [1.29, 1.82) is 0 Å². The SMILES string of the molecule is C#Cc1ccc2c(c1)CCC21NC[N+]([O-])(CC(=O)N(Cc2ccccc2)C(C)C2CC2)C1=O. The van der Waals surface area contributed by atoms with Crippen LogP contribution in [-0.4, -0.2) is 40.6 Å². The number of quaternary nitrogens is 1. The number of nitrogens with one attached hydrogen (secondary N) is 1. The van der Waals surface area contributed by atoms with Crippen LogP contribution in [0.1, 0.15) is 48.4 Å². The molecule has 2 amide bonds. The van der Waals surface area contributed by atoms with E-state index in [1.807, 2.05) is 48.5 Å². The first-order valence-corrected chi connectivity index (χ1v) is 11.7. The molecule has 2 aromatic carbocycles. The summed E-state index contributed by atoms with van der Waals surface area (Å²) in [6.45, 7) is 2.02. The molecular formula is C27H29N3O3. The van der Waals surface area contributed by atoms with E-state index in [1.165, 1.54) is 0 Å². The summed E-state index contributed by atoms with van der Waals surface area (Å²) in [6.07, 6.45) is 8.90. The highest BCUT2D eigenvalue weighted by molar-refractivity contribution is 5.88. The Morgan fingerprint density at radius 3 is 2.76 bits per heavy atom. The molecule has 2 aliphatic carbocycles. The molecule has 0 aromatic heterocycles.